The minimum atomic E-state index is -4.75. The number of thioether (sulfide) groups is 1. The number of thiocyanates is 1. The molecule has 0 fully saturated rings. The molecule has 0 N–H and O–H groups in total. The maximum absolute atomic E-state index is 12.8. The van der Waals surface area contributed by atoms with Crippen molar-refractivity contribution in [2.45, 2.75) is 20.9 Å². The van der Waals surface area contributed by atoms with Gasteiger partial charge in [0, 0.05) is 4.90 Å². The van der Waals surface area contributed by atoms with Gasteiger partial charge in [-0.15, -0.1) is 0 Å². The van der Waals surface area contributed by atoms with Crippen molar-refractivity contribution in [3.05, 3.63) is 53.1 Å². The summed E-state index contributed by atoms with van der Waals surface area (Å²) in [4.78, 5) is -0.149. The summed E-state index contributed by atoms with van der Waals surface area (Å²) < 4.78 is 63.4. The molecule has 0 bridgehead atoms. The second kappa shape index (κ2) is 6.43. The molecule has 0 atom stereocenters. The summed E-state index contributed by atoms with van der Waals surface area (Å²) in [5.41, 5.74) is -1.21. The van der Waals surface area contributed by atoms with Gasteiger partial charge < -0.3 is 0 Å². The fraction of sp³-hybridized carbons (Fsp3) is 0.0714. The van der Waals surface area contributed by atoms with Crippen LogP contribution in [0.5, 0.6) is 0 Å². The highest BCUT2D eigenvalue weighted by Gasteiger charge is 2.34. The van der Waals surface area contributed by atoms with Crippen LogP contribution >= 0.6 is 23.4 Å². The Balaban J connectivity index is 2.50. The van der Waals surface area contributed by atoms with Crippen LogP contribution in [0.4, 0.5) is 13.2 Å². The van der Waals surface area contributed by atoms with Crippen molar-refractivity contribution in [1.29, 1.82) is 5.26 Å². The molecular weight excluding hydrogens is 371 g/mol. The van der Waals surface area contributed by atoms with E-state index in [1.54, 1.807) is 0 Å². The van der Waals surface area contributed by atoms with Crippen molar-refractivity contribution >= 4 is 33.2 Å². The predicted molar refractivity (Wildman–Crippen MR) is 79.8 cm³/mol. The first-order chi connectivity index (χ1) is 10.7. The number of rotatable bonds is 3. The molecule has 0 aliphatic carbocycles. The van der Waals surface area contributed by atoms with Crippen LogP contribution in [0, 0.1) is 10.7 Å². The zero-order chi connectivity index (χ0) is 17.3. The summed E-state index contributed by atoms with van der Waals surface area (Å²) >= 11 is 6.33. The molecule has 2 rings (SSSR count). The molecule has 0 saturated heterocycles. The highest BCUT2D eigenvalue weighted by molar-refractivity contribution is 8.03. The summed E-state index contributed by atoms with van der Waals surface area (Å²) in [7, 11) is -4.12. The molecule has 0 heterocycles. The maximum Gasteiger partial charge on any atom is 0.417 e. The van der Waals surface area contributed by atoms with E-state index in [0.29, 0.717) is 11.0 Å². The topological polar surface area (TPSA) is 57.9 Å². The summed E-state index contributed by atoms with van der Waals surface area (Å²) in [5.74, 6) is 0. The van der Waals surface area contributed by atoms with Crippen LogP contribution in [0.3, 0.4) is 0 Å². The van der Waals surface area contributed by atoms with Crippen LogP contribution in [-0.2, 0) is 16.0 Å². The Labute approximate surface area is 139 Å². The lowest BCUT2D eigenvalue weighted by Gasteiger charge is -2.11. The van der Waals surface area contributed by atoms with Crippen molar-refractivity contribution in [2.24, 2.45) is 0 Å². The third-order valence-corrected chi connectivity index (χ3v) is 5.55. The number of nitriles is 1. The van der Waals surface area contributed by atoms with Crippen molar-refractivity contribution in [3.63, 3.8) is 0 Å². The van der Waals surface area contributed by atoms with E-state index in [4.69, 9.17) is 16.9 Å². The zero-order valence-electron chi connectivity index (χ0n) is 11.1. The standard InChI is InChI=1S/C14H7ClF3NO2S2/c15-13-6-5-11(7-12(13)14(16,17)18)23(20,21)10-3-1-9(2-4-10)22-8-19/h1-7H. The van der Waals surface area contributed by atoms with Gasteiger partial charge in [-0.2, -0.15) is 18.4 Å². The van der Waals surface area contributed by atoms with Crippen molar-refractivity contribution in [2.75, 3.05) is 0 Å². The number of sulfone groups is 1. The van der Waals surface area contributed by atoms with Crippen LogP contribution in [-0.4, -0.2) is 8.42 Å². The molecule has 0 unspecified atom stereocenters. The fourth-order valence-corrected chi connectivity index (χ4v) is 3.65. The van der Waals surface area contributed by atoms with Crippen molar-refractivity contribution < 1.29 is 21.6 Å². The van der Waals surface area contributed by atoms with Crippen LogP contribution < -0.4 is 0 Å². The van der Waals surface area contributed by atoms with Gasteiger partial charge in [0.25, 0.3) is 0 Å². The first-order valence-corrected chi connectivity index (χ1v) is 8.62. The molecule has 3 nitrogen and oxygen atoms in total. The molecule has 0 amide bonds. The van der Waals surface area contributed by atoms with E-state index in [0.717, 1.165) is 23.9 Å². The number of nitrogens with zero attached hydrogens (tertiary/aromatic N) is 1. The van der Waals surface area contributed by atoms with Gasteiger partial charge in [-0.25, -0.2) is 8.42 Å². The molecule has 23 heavy (non-hydrogen) atoms. The Morgan fingerprint density at radius 2 is 1.61 bits per heavy atom. The van der Waals surface area contributed by atoms with Gasteiger partial charge in [-0.1, -0.05) is 11.6 Å². The Kier molecular flexibility index (Phi) is 4.94. The Morgan fingerprint density at radius 3 is 2.13 bits per heavy atom. The van der Waals surface area contributed by atoms with Crippen molar-refractivity contribution in [1.82, 2.24) is 0 Å². The van der Waals surface area contributed by atoms with Gasteiger partial charge in [-0.3, -0.25) is 0 Å². The molecule has 0 radical (unpaired) electrons. The Morgan fingerprint density at radius 1 is 1.04 bits per heavy atom. The molecule has 0 spiro atoms. The SMILES string of the molecule is N#CSc1ccc(S(=O)(=O)c2ccc(Cl)c(C(F)(F)F)c2)cc1. The van der Waals surface area contributed by atoms with E-state index in [-0.39, 0.29) is 4.90 Å². The number of benzene rings is 2. The summed E-state index contributed by atoms with van der Waals surface area (Å²) in [6, 6.07) is 7.70. The molecule has 2 aromatic rings. The van der Waals surface area contributed by atoms with Gasteiger partial charge in [0.15, 0.2) is 0 Å². The number of hydrogen-bond donors (Lipinski definition) is 0. The second-order valence-electron chi connectivity index (χ2n) is 4.31. The van der Waals surface area contributed by atoms with E-state index < -0.39 is 31.5 Å². The molecule has 0 aliphatic heterocycles. The first kappa shape index (κ1) is 17.7. The number of hydrogen-bond acceptors (Lipinski definition) is 4. The summed E-state index contributed by atoms with van der Waals surface area (Å²) in [6.07, 6.45) is -4.75. The van der Waals surface area contributed by atoms with E-state index in [9.17, 15) is 21.6 Å². The van der Waals surface area contributed by atoms with E-state index in [1.165, 1.54) is 24.3 Å². The third kappa shape index (κ3) is 3.80. The Hall–Kier alpha value is -1.69. The minimum absolute atomic E-state index is 0.171. The Bertz CT molecular complexity index is 872. The summed E-state index contributed by atoms with van der Waals surface area (Å²) in [6.45, 7) is 0. The van der Waals surface area contributed by atoms with Gasteiger partial charge in [0.1, 0.15) is 5.40 Å². The lowest BCUT2D eigenvalue weighted by atomic mass is 10.2. The number of halogens is 4. The first-order valence-electron chi connectivity index (χ1n) is 5.94. The summed E-state index contributed by atoms with van der Waals surface area (Å²) in [5, 5.41) is 9.80. The lowest BCUT2D eigenvalue weighted by molar-refractivity contribution is -0.137. The second-order valence-corrected chi connectivity index (χ2v) is 7.52. The highest BCUT2D eigenvalue weighted by atomic mass is 35.5. The van der Waals surface area contributed by atoms with Gasteiger partial charge in [0.2, 0.25) is 9.84 Å². The smallest absolute Gasteiger partial charge is 0.219 e. The molecule has 0 aliphatic rings. The molecule has 120 valence electrons. The van der Waals surface area contributed by atoms with E-state index >= 15 is 0 Å². The largest absolute Gasteiger partial charge is 0.417 e. The average Bonchev–Trinajstić information content (AvgIpc) is 2.47. The molecular formula is C14H7ClF3NO2S2. The average molecular weight is 378 g/mol. The van der Waals surface area contributed by atoms with Gasteiger partial charge >= 0.3 is 6.18 Å². The fourth-order valence-electron chi connectivity index (χ4n) is 1.76. The number of alkyl halides is 3. The minimum Gasteiger partial charge on any atom is -0.219 e. The normalized spacial score (nSPS) is 12.0. The zero-order valence-corrected chi connectivity index (χ0v) is 13.5. The van der Waals surface area contributed by atoms with Gasteiger partial charge in [0.05, 0.1) is 20.4 Å². The van der Waals surface area contributed by atoms with E-state index in [2.05, 4.69) is 0 Å². The van der Waals surface area contributed by atoms with Crippen LogP contribution in [0.1, 0.15) is 5.56 Å². The van der Waals surface area contributed by atoms with E-state index in [1.807, 2.05) is 5.40 Å². The maximum atomic E-state index is 12.8. The van der Waals surface area contributed by atoms with Crippen LogP contribution in [0.25, 0.3) is 0 Å². The highest BCUT2D eigenvalue weighted by Crippen LogP contribution is 2.37. The quantitative estimate of drug-likeness (QED) is 0.571. The van der Waals surface area contributed by atoms with Gasteiger partial charge in [-0.05, 0) is 54.2 Å². The van der Waals surface area contributed by atoms with Crippen LogP contribution in [0.2, 0.25) is 5.02 Å². The molecule has 9 heteroatoms. The van der Waals surface area contributed by atoms with Crippen LogP contribution in [0.15, 0.2) is 57.2 Å². The monoisotopic (exact) mass is 377 g/mol. The molecule has 2 aromatic carbocycles. The molecule has 0 aromatic heterocycles. The molecule has 0 saturated carbocycles. The lowest BCUT2D eigenvalue weighted by Crippen LogP contribution is -2.09. The van der Waals surface area contributed by atoms with Crippen molar-refractivity contribution in [3.8, 4) is 5.40 Å². The third-order valence-electron chi connectivity index (χ3n) is 2.85. The predicted octanol–water partition coefficient (Wildman–Crippen LogP) is 4.76.